The summed E-state index contributed by atoms with van der Waals surface area (Å²) < 4.78 is 5.45. The fourth-order valence-corrected chi connectivity index (χ4v) is 4.31. The van der Waals surface area contributed by atoms with Crippen LogP contribution in [0.4, 0.5) is 0 Å². The van der Waals surface area contributed by atoms with Gasteiger partial charge >= 0.3 is 0 Å². The van der Waals surface area contributed by atoms with Crippen LogP contribution in [0.15, 0.2) is 35.1 Å². The molecule has 0 bridgehead atoms. The molecule has 1 atom stereocenters. The summed E-state index contributed by atoms with van der Waals surface area (Å²) in [5.41, 5.74) is 2.10. The Balaban J connectivity index is 1.43. The molecule has 0 saturated carbocycles. The Morgan fingerprint density at radius 3 is 2.85 bits per heavy atom. The summed E-state index contributed by atoms with van der Waals surface area (Å²) in [5.74, 6) is 0. The zero-order chi connectivity index (χ0) is 17.8. The second-order valence-corrected chi connectivity index (χ2v) is 7.57. The number of ether oxygens (including phenoxy) is 1. The van der Waals surface area contributed by atoms with Crippen LogP contribution in [0.3, 0.4) is 0 Å². The molecule has 26 heavy (non-hydrogen) atoms. The molecule has 4 rings (SSSR count). The molecule has 2 saturated heterocycles. The molecule has 1 unspecified atom stereocenters. The lowest BCUT2D eigenvalue weighted by Crippen LogP contribution is -2.43. The van der Waals surface area contributed by atoms with Crippen LogP contribution >= 0.6 is 0 Å². The second kappa shape index (κ2) is 8.33. The van der Waals surface area contributed by atoms with Crippen LogP contribution < -0.4 is 5.43 Å². The van der Waals surface area contributed by atoms with Crippen molar-refractivity contribution in [3.63, 3.8) is 0 Å². The summed E-state index contributed by atoms with van der Waals surface area (Å²) in [5, 5.41) is 0.777. The molecule has 1 aromatic heterocycles. The van der Waals surface area contributed by atoms with Gasteiger partial charge in [0.2, 0.25) is 0 Å². The van der Waals surface area contributed by atoms with Crippen LogP contribution in [0, 0.1) is 0 Å². The number of hydrogen-bond acceptors (Lipinski definition) is 4. The van der Waals surface area contributed by atoms with Gasteiger partial charge in [-0.2, -0.15) is 0 Å². The maximum absolute atomic E-state index is 12.4. The van der Waals surface area contributed by atoms with Crippen molar-refractivity contribution in [3.05, 3.63) is 46.2 Å². The molecule has 140 valence electrons. The molecule has 2 fully saturated rings. The first-order valence-electron chi connectivity index (χ1n) is 9.95. The van der Waals surface area contributed by atoms with Crippen molar-refractivity contribution in [1.29, 1.82) is 0 Å². The molecule has 0 aliphatic carbocycles. The molecular weight excluding hydrogens is 326 g/mol. The number of para-hydroxylation sites is 1. The average Bonchev–Trinajstić information content (AvgIpc) is 2.68. The number of aromatic nitrogens is 1. The van der Waals surface area contributed by atoms with E-state index in [1.807, 2.05) is 24.3 Å². The van der Waals surface area contributed by atoms with E-state index in [0.29, 0.717) is 6.04 Å². The van der Waals surface area contributed by atoms with Crippen LogP contribution in [0.25, 0.3) is 10.9 Å². The Kier molecular flexibility index (Phi) is 5.68. The number of pyridine rings is 1. The molecular formula is C21H29N3O2. The summed E-state index contributed by atoms with van der Waals surface area (Å²) >= 11 is 0. The Labute approximate surface area is 154 Å². The van der Waals surface area contributed by atoms with Crippen molar-refractivity contribution in [2.45, 2.75) is 38.3 Å². The second-order valence-electron chi connectivity index (χ2n) is 7.57. The number of fused-ring (bicyclic) bond motifs is 1. The first-order valence-corrected chi connectivity index (χ1v) is 9.95. The Bertz CT molecular complexity index is 782. The Hall–Kier alpha value is -1.69. The highest BCUT2D eigenvalue weighted by atomic mass is 16.5. The summed E-state index contributed by atoms with van der Waals surface area (Å²) in [6.45, 7) is 6.98. The minimum absolute atomic E-state index is 0.122. The minimum Gasteiger partial charge on any atom is -0.379 e. The molecule has 0 spiro atoms. The highest BCUT2D eigenvalue weighted by Crippen LogP contribution is 2.22. The molecule has 2 aromatic rings. The van der Waals surface area contributed by atoms with Gasteiger partial charge in [0.05, 0.1) is 13.2 Å². The van der Waals surface area contributed by atoms with Crippen molar-refractivity contribution in [1.82, 2.24) is 14.8 Å². The predicted octanol–water partition coefficient (Wildman–Crippen LogP) is 2.60. The fraction of sp³-hybridized carbons (Fsp3) is 0.571. The largest absolute Gasteiger partial charge is 0.379 e. The van der Waals surface area contributed by atoms with Gasteiger partial charge in [0.1, 0.15) is 0 Å². The summed E-state index contributed by atoms with van der Waals surface area (Å²) in [7, 11) is 0. The molecule has 0 amide bonds. The monoisotopic (exact) mass is 355 g/mol. The number of nitrogens with one attached hydrogen (secondary N) is 1. The van der Waals surface area contributed by atoms with Crippen LogP contribution in [0.2, 0.25) is 0 Å². The molecule has 1 aromatic carbocycles. The van der Waals surface area contributed by atoms with Crippen molar-refractivity contribution < 1.29 is 4.74 Å². The molecule has 3 heterocycles. The van der Waals surface area contributed by atoms with Gasteiger partial charge in [-0.1, -0.05) is 18.6 Å². The summed E-state index contributed by atoms with van der Waals surface area (Å²) in [6, 6.07) is 10.2. The van der Waals surface area contributed by atoms with E-state index in [4.69, 9.17) is 4.74 Å². The number of piperidine rings is 1. The third-order valence-corrected chi connectivity index (χ3v) is 5.80. The van der Waals surface area contributed by atoms with E-state index in [0.717, 1.165) is 62.5 Å². The highest BCUT2D eigenvalue weighted by molar-refractivity contribution is 5.78. The van der Waals surface area contributed by atoms with Crippen LogP contribution in [0.5, 0.6) is 0 Å². The number of likely N-dealkylation sites (tertiary alicyclic amines) is 1. The van der Waals surface area contributed by atoms with Crippen molar-refractivity contribution in [2.24, 2.45) is 0 Å². The van der Waals surface area contributed by atoms with Gasteiger partial charge in [0, 0.05) is 48.3 Å². The lowest BCUT2D eigenvalue weighted by molar-refractivity contribution is 0.0301. The van der Waals surface area contributed by atoms with E-state index in [9.17, 15) is 4.79 Å². The van der Waals surface area contributed by atoms with E-state index in [1.165, 1.54) is 25.7 Å². The molecule has 2 aliphatic heterocycles. The Morgan fingerprint density at radius 2 is 1.96 bits per heavy atom. The van der Waals surface area contributed by atoms with Gasteiger partial charge in [-0.3, -0.25) is 14.6 Å². The molecule has 2 aliphatic rings. The van der Waals surface area contributed by atoms with Crippen LogP contribution in [0.1, 0.15) is 31.4 Å². The topological polar surface area (TPSA) is 48.6 Å². The van der Waals surface area contributed by atoms with E-state index in [1.54, 1.807) is 6.07 Å². The van der Waals surface area contributed by atoms with Crippen molar-refractivity contribution in [3.8, 4) is 0 Å². The number of hydrogen-bond donors (Lipinski definition) is 1. The third kappa shape index (κ3) is 4.17. The summed E-state index contributed by atoms with van der Waals surface area (Å²) in [6.07, 6.45) is 5.05. The van der Waals surface area contributed by atoms with Crippen molar-refractivity contribution >= 4 is 10.9 Å². The zero-order valence-electron chi connectivity index (χ0n) is 15.5. The highest BCUT2D eigenvalue weighted by Gasteiger charge is 2.24. The number of nitrogens with zero attached hydrogens (tertiary/aromatic N) is 2. The smallest absolute Gasteiger partial charge is 0.189 e. The van der Waals surface area contributed by atoms with E-state index in [-0.39, 0.29) is 5.43 Å². The normalized spacial score (nSPS) is 22.7. The Morgan fingerprint density at radius 1 is 1.12 bits per heavy atom. The van der Waals surface area contributed by atoms with Gasteiger partial charge in [-0.05, 0) is 44.5 Å². The van der Waals surface area contributed by atoms with E-state index >= 15 is 0 Å². The quantitative estimate of drug-likeness (QED) is 0.896. The number of aromatic amines is 1. The van der Waals surface area contributed by atoms with Gasteiger partial charge in [0.25, 0.3) is 0 Å². The van der Waals surface area contributed by atoms with Crippen LogP contribution in [-0.4, -0.2) is 60.2 Å². The lowest BCUT2D eigenvalue weighted by Gasteiger charge is -2.37. The molecule has 5 heteroatoms. The lowest BCUT2D eigenvalue weighted by atomic mass is 9.98. The van der Waals surface area contributed by atoms with Gasteiger partial charge in [0.15, 0.2) is 5.43 Å². The number of rotatable bonds is 5. The maximum Gasteiger partial charge on any atom is 0.189 e. The molecule has 1 N–H and O–H groups in total. The first-order chi connectivity index (χ1) is 12.8. The maximum atomic E-state index is 12.4. The minimum atomic E-state index is 0.122. The zero-order valence-corrected chi connectivity index (χ0v) is 15.5. The van der Waals surface area contributed by atoms with Gasteiger partial charge < -0.3 is 9.72 Å². The van der Waals surface area contributed by atoms with Crippen LogP contribution in [-0.2, 0) is 11.3 Å². The van der Waals surface area contributed by atoms with E-state index in [2.05, 4.69) is 14.8 Å². The molecule has 0 radical (unpaired) electrons. The van der Waals surface area contributed by atoms with Gasteiger partial charge in [-0.15, -0.1) is 0 Å². The summed E-state index contributed by atoms with van der Waals surface area (Å²) in [4.78, 5) is 21.0. The van der Waals surface area contributed by atoms with E-state index < -0.39 is 0 Å². The number of morpholine rings is 1. The predicted molar refractivity (Wildman–Crippen MR) is 104 cm³/mol. The first kappa shape index (κ1) is 17.7. The average molecular weight is 355 g/mol. The SMILES string of the molecule is O=c1cc(CN2CCCCC2CCN2CCOCC2)[nH]c2ccccc12. The standard InChI is InChI=1S/C21H29N3O2/c25-21-15-17(22-20-7-2-1-6-19(20)21)16-24-9-4-3-5-18(24)8-10-23-11-13-26-14-12-23/h1-2,6-7,15,18H,3-5,8-14,16H2,(H,22,25). The van der Waals surface area contributed by atoms with Gasteiger partial charge in [-0.25, -0.2) is 0 Å². The number of benzene rings is 1. The van der Waals surface area contributed by atoms with Crippen molar-refractivity contribution in [2.75, 3.05) is 39.4 Å². The number of H-pyrrole nitrogens is 1. The third-order valence-electron chi connectivity index (χ3n) is 5.80. The fourth-order valence-electron chi connectivity index (χ4n) is 4.31. The molecule has 5 nitrogen and oxygen atoms in total.